The van der Waals surface area contributed by atoms with Crippen LogP contribution in [0.1, 0.15) is 49.4 Å². The van der Waals surface area contributed by atoms with Gasteiger partial charge in [0.1, 0.15) is 0 Å². The summed E-state index contributed by atoms with van der Waals surface area (Å²) in [6, 6.07) is 9.33. The van der Waals surface area contributed by atoms with Gasteiger partial charge in [0.25, 0.3) is 0 Å². The molecule has 0 atom stereocenters. The SMILES string of the molecule is CC(=O)c1c(C)[nH]c(C(=O)COC(=O)c2cnn(-c3ccccc3)c2)c1C. The quantitative estimate of drug-likeness (QED) is 0.535. The van der Waals surface area contributed by atoms with E-state index in [0.717, 1.165) is 5.69 Å². The Hall–Kier alpha value is -3.48. The van der Waals surface area contributed by atoms with E-state index in [2.05, 4.69) is 10.1 Å². The fourth-order valence-corrected chi connectivity index (χ4v) is 2.99. The number of nitrogens with zero attached hydrogens (tertiary/aromatic N) is 2. The summed E-state index contributed by atoms with van der Waals surface area (Å²) >= 11 is 0. The van der Waals surface area contributed by atoms with E-state index in [1.54, 1.807) is 24.7 Å². The van der Waals surface area contributed by atoms with E-state index in [0.29, 0.717) is 16.8 Å². The Kier molecular flexibility index (Phi) is 5.03. The molecule has 138 valence electrons. The van der Waals surface area contributed by atoms with Crippen molar-refractivity contribution in [2.24, 2.45) is 0 Å². The standard InChI is InChI=1S/C20H19N3O4/c1-12-18(14(3)24)13(2)22-19(12)17(25)11-27-20(26)15-9-21-23(10-15)16-7-5-4-6-8-16/h4-10,22H,11H2,1-3H3. The molecule has 0 bridgehead atoms. The third-order valence-corrected chi connectivity index (χ3v) is 4.24. The lowest BCUT2D eigenvalue weighted by Crippen LogP contribution is -2.15. The Balaban J connectivity index is 1.68. The van der Waals surface area contributed by atoms with E-state index in [1.165, 1.54) is 13.1 Å². The van der Waals surface area contributed by atoms with Gasteiger partial charge in [-0.2, -0.15) is 5.10 Å². The number of H-pyrrole nitrogens is 1. The number of Topliss-reactive ketones (excluding diaryl/α,β-unsaturated/α-hetero) is 2. The van der Waals surface area contributed by atoms with Crippen molar-refractivity contribution >= 4 is 17.5 Å². The molecule has 0 saturated carbocycles. The van der Waals surface area contributed by atoms with Crippen LogP contribution in [0.5, 0.6) is 0 Å². The molecule has 7 nitrogen and oxygen atoms in total. The molecule has 0 fully saturated rings. The summed E-state index contributed by atoms with van der Waals surface area (Å²) in [6.07, 6.45) is 2.93. The number of hydrogen-bond donors (Lipinski definition) is 1. The molecule has 0 aliphatic heterocycles. The monoisotopic (exact) mass is 365 g/mol. The molecule has 2 heterocycles. The summed E-state index contributed by atoms with van der Waals surface area (Å²) < 4.78 is 6.66. The molecule has 27 heavy (non-hydrogen) atoms. The zero-order chi connectivity index (χ0) is 19.6. The first-order valence-corrected chi connectivity index (χ1v) is 8.39. The molecule has 0 saturated heterocycles. The fraction of sp³-hybridized carbons (Fsp3) is 0.200. The zero-order valence-electron chi connectivity index (χ0n) is 15.3. The van der Waals surface area contributed by atoms with Crippen LogP contribution in [-0.4, -0.2) is 38.9 Å². The highest BCUT2D eigenvalue weighted by molar-refractivity contribution is 6.04. The number of aromatic amines is 1. The van der Waals surface area contributed by atoms with Gasteiger partial charge >= 0.3 is 5.97 Å². The number of nitrogens with one attached hydrogen (secondary N) is 1. The van der Waals surface area contributed by atoms with Crippen molar-refractivity contribution in [1.82, 2.24) is 14.8 Å². The van der Waals surface area contributed by atoms with Crippen LogP contribution < -0.4 is 0 Å². The summed E-state index contributed by atoms with van der Waals surface area (Å²) in [5.41, 5.74) is 3.02. The molecule has 0 radical (unpaired) electrons. The van der Waals surface area contributed by atoms with Gasteiger partial charge in [-0.1, -0.05) is 18.2 Å². The number of aromatic nitrogens is 3. The second kappa shape index (κ2) is 7.41. The number of ether oxygens (including phenoxy) is 1. The number of hydrogen-bond acceptors (Lipinski definition) is 5. The van der Waals surface area contributed by atoms with E-state index in [4.69, 9.17) is 4.74 Å². The topological polar surface area (TPSA) is 94.0 Å². The lowest BCUT2D eigenvalue weighted by Gasteiger charge is -2.03. The highest BCUT2D eigenvalue weighted by atomic mass is 16.5. The maximum atomic E-state index is 12.4. The summed E-state index contributed by atoms with van der Waals surface area (Å²) in [5, 5.41) is 4.13. The van der Waals surface area contributed by atoms with Crippen molar-refractivity contribution in [3.8, 4) is 5.69 Å². The number of carbonyl (C=O) groups excluding carboxylic acids is 3. The van der Waals surface area contributed by atoms with Crippen LogP contribution >= 0.6 is 0 Å². The summed E-state index contributed by atoms with van der Waals surface area (Å²) in [7, 11) is 0. The maximum Gasteiger partial charge on any atom is 0.341 e. The van der Waals surface area contributed by atoms with Crippen LogP contribution in [0.4, 0.5) is 0 Å². The summed E-state index contributed by atoms with van der Waals surface area (Å²) in [4.78, 5) is 39.1. The van der Waals surface area contributed by atoms with Gasteiger partial charge in [-0.3, -0.25) is 9.59 Å². The largest absolute Gasteiger partial charge is 0.454 e. The van der Waals surface area contributed by atoms with E-state index in [1.807, 2.05) is 30.3 Å². The predicted octanol–water partition coefficient (Wildman–Crippen LogP) is 3.06. The van der Waals surface area contributed by atoms with Crippen molar-refractivity contribution in [2.75, 3.05) is 6.61 Å². The first kappa shape index (κ1) is 18.3. The lowest BCUT2D eigenvalue weighted by molar-refractivity contribution is 0.0473. The molecule has 1 aromatic carbocycles. The predicted molar refractivity (Wildman–Crippen MR) is 98.4 cm³/mol. The minimum absolute atomic E-state index is 0.120. The van der Waals surface area contributed by atoms with Crippen LogP contribution in [0.15, 0.2) is 42.7 Å². The first-order valence-electron chi connectivity index (χ1n) is 8.39. The van der Waals surface area contributed by atoms with Crippen molar-refractivity contribution in [3.63, 3.8) is 0 Å². The van der Waals surface area contributed by atoms with Gasteiger partial charge < -0.3 is 9.72 Å². The minimum atomic E-state index is -0.641. The number of esters is 1. The van der Waals surface area contributed by atoms with Crippen molar-refractivity contribution < 1.29 is 19.1 Å². The second-order valence-electron chi connectivity index (χ2n) is 6.19. The van der Waals surface area contributed by atoms with Gasteiger partial charge in [0, 0.05) is 17.5 Å². The number of ketones is 2. The summed E-state index contributed by atoms with van der Waals surface area (Å²) in [5.74, 6) is -1.16. The number of aryl methyl sites for hydroxylation is 1. The van der Waals surface area contributed by atoms with Crippen LogP contribution in [0, 0.1) is 13.8 Å². The van der Waals surface area contributed by atoms with Crippen LogP contribution in [0.2, 0.25) is 0 Å². The summed E-state index contributed by atoms with van der Waals surface area (Å²) in [6.45, 7) is 4.44. The minimum Gasteiger partial charge on any atom is -0.454 e. The number of carbonyl (C=O) groups is 3. The molecule has 0 unspecified atom stereocenters. The Bertz CT molecular complexity index is 1020. The number of rotatable bonds is 6. The molecule has 1 N–H and O–H groups in total. The van der Waals surface area contributed by atoms with Gasteiger partial charge in [0.05, 0.1) is 23.1 Å². The first-order chi connectivity index (χ1) is 12.9. The number of benzene rings is 1. The van der Waals surface area contributed by atoms with Crippen LogP contribution in [0.3, 0.4) is 0 Å². The molecular formula is C20H19N3O4. The Labute approximate surface area is 156 Å². The van der Waals surface area contributed by atoms with E-state index >= 15 is 0 Å². The maximum absolute atomic E-state index is 12.4. The van der Waals surface area contributed by atoms with Gasteiger partial charge in [0.2, 0.25) is 5.78 Å². The Morgan fingerprint density at radius 3 is 2.48 bits per heavy atom. The van der Waals surface area contributed by atoms with Gasteiger partial charge in [-0.05, 0) is 38.5 Å². The third-order valence-electron chi connectivity index (χ3n) is 4.24. The van der Waals surface area contributed by atoms with E-state index in [-0.39, 0.29) is 17.0 Å². The molecule has 0 aliphatic rings. The molecule has 7 heteroatoms. The Morgan fingerprint density at radius 1 is 1.15 bits per heavy atom. The normalized spacial score (nSPS) is 10.6. The number of para-hydroxylation sites is 1. The smallest absolute Gasteiger partial charge is 0.341 e. The Morgan fingerprint density at radius 2 is 1.85 bits per heavy atom. The highest BCUT2D eigenvalue weighted by Crippen LogP contribution is 2.19. The second-order valence-corrected chi connectivity index (χ2v) is 6.19. The van der Waals surface area contributed by atoms with E-state index < -0.39 is 18.4 Å². The fourth-order valence-electron chi connectivity index (χ4n) is 2.99. The zero-order valence-corrected chi connectivity index (χ0v) is 15.3. The average molecular weight is 365 g/mol. The van der Waals surface area contributed by atoms with Crippen molar-refractivity contribution in [2.45, 2.75) is 20.8 Å². The molecule has 2 aromatic heterocycles. The van der Waals surface area contributed by atoms with Crippen molar-refractivity contribution in [1.29, 1.82) is 0 Å². The molecule has 3 rings (SSSR count). The molecule has 0 spiro atoms. The van der Waals surface area contributed by atoms with Crippen molar-refractivity contribution in [3.05, 3.63) is 70.8 Å². The molecular weight excluding hydrogens is 346 g/mol. The third kappa shape index (κ3) is 3.72. The van der Waals surface area contributed by atoms with Gasteiger partial charge in [-0.25, -0.2) is 9.48 Å². The molecule has 0 amide bonds. The lowest BCUT2D eigenvalue weighted by atomic mass is 10.1. The van der Waals surface area contributed by atoms with E-state index in [9.17, 15) is 14.4 Å². The molecule has 3 aromatic rings. The van der Waals surface area contributed by atoms with Crippen LogP contribution in [0.25, 0.3) is 5.69 Å². The van der Waals surface area contributed by atoms with Crippen LogP contribution in [-0.2, 0) is 4.74 Å². The van der Waals surface area contributed by atoms with Gasteiger partial charge in [0.15, 0.2) is 12.4 Å². The van der Waals surface area contributed by atoms with Gasteiger partial charge in [-0.15, -0.1) is 0 Å². The average Bonchev–Trinajstić information content (AvgIpc) is 3.25. The molecule has 0 aliphatic carbocycles. The highest BCUT2D eigenvalue weighted by Gasteiger charge is 2.21.